The van der Waals surface area contributed by atoms with Crippen LogP contribution in [-0.4, -0.2) is 15.4 Å². The molecular weight excluding hydrogens is 146 g/mol. The zero-order valence-corrected chi connectivity index (χ0v) is 5.39. The number of hydrogen-bond donors (Lipinski definition) is 0. The molecule has 0 bridgehead atoms. The van der Waals surface area contributed by atoms with Gasteiger partial charge in [-0.05, 0) is 12.1 Å². The maximum atomic E-state index is 10.8. The summed E-state index contributed by atoms with van der Waals surface area (Å²) in [7, 11) is 0. The van der Waals surface area contributed by atoms with Gasteiger partial charge < -0.3 is 4.52 Å². The van der Waals surface area contributed by atoms with Crippen LogP contribution >= 0.6 is 0 Å². The van der Waals surface area contributed by atoms with Gasteiger partial charge in [0.25, 0.3) is 0 Å². The van der Waals surface area contributed by atoms with Crippen LogP contribution in [0.25, 0.3) is 11.4 Å². The minimum Gasteiger partial charge on any atom is -0.310 e. The topological polar surface area (TPSA) is 68.9 Å². The summed E-state index contributed by atoms with van der Waals surface area (Å²) in [6, 6.07) is 3.25. The standard InChI is InChI=1S/C6H3N3O2/c10-6-5-4(9-11-6)2-1-3-7-8-5/h1-3H. The van der Waals surface area contributed by atoms with Crippen molar-refractivity contribution in [3.8, 4) is 11.4 Å². The predicted molar refractivity (Wildman–Crippen MR) is 35.0 cm³/mol. The largest absolute Gasteiger partial charge is 0.388 e. The lowest BCUT2D eigenvalue weighted by molar-refractivity contribution is 0.396. The van der Waals surface area contributed by atoms with Gasteiger partial charge in [0.1, 0.15) is 5.69 Å². The van der Waals surface area contributed by atoms with E-state index in [1.54, 1.807) is 12.1 Å². The zero-order chi connectivity index (χ0) is 7.68. The van der Waals surface area contributed by atoms with Gasteiger partial charge in [0.05, 0.1) is 0 Å². The van der Waals surface area contributed by atoms with Crippen molar-refractivity contribution < 1.29 is 4.52 Å². The van der Waals surface area contributed by atoms with Crippen LogP contribution in [0.3, 0.4) is 0 Å². The molecular formula is C6H3N3O2. The van der Waals surface area contributed by atoms with Gasteiger partial charge in [0.15, 0.2) is 0 Å². The molecule has 0 aromatic heterocycles. The molecule has 0 aliphatic carbocycles. The van der Waals surface area contributed by atoms with Crippen LogP contribution in [0.2, 0.25) is 0 Å². The Balaban J connectivity index is 2.86. The first-order valence-corrected chi connectivity index (χ1v) is 2.95. The summed E-state index contributed by atoms with van der Waals surface area (Å²) in [6.07, 6.45) is 1.47. The fraction of sp³-hybridized carbons (Fsp3) is 0. The average Bonchev–Trinajstić information content (AvgIpc) is 2.25. The Bertz CT molecular complexity index is 397. The molecule has 11 heavy (non-hydrogen) atoms. The second-order valence-electron chi connectivity index (χ2n) is 1.93. The van der Waals surface area contributed by atoms with Gasteiger partial charge in [-0.25, -0.2) is 4.79 Å². The summed E-state index contributed by atoms with van der Waals surface area (Å²) in [4.78, 5) is 10.8. The van der Waals surface area contributed by atoms with Gasteiger partial charge in [-0.2, -0.15) is 5.10 Å². The van der Waals surface area contributed by atoms with Crippen molar-refractivity contribution in [1.82, 2.24) is 15.4 Å². The van der Waals surface area contributed by atoms with Crippen molar-refractivity contribution in [2.24, 2.45) is 0 Å². The third kappa shape index (κ3) is 0.861. The van der Waals surface area contributed by atoms with E-state index in [1.165, 1.54) is 6.20 Å². The van der Waals surface area contributed by atoms with Crippen molar-refractivity contribution in [3.05, 3.63) is 28.7 Å². The minimum absolute atomic E-state index is 0.162. The van der Waals surface area contributed by atoms with E-state index in [0.29, 0.717) is 5.69 Å². The summed E-state index contributed by atoms with van der Waals surface area (Å²) in [6.45, 7) is 0. The highest BCUT2D eigenvalue weighted by Crippen LogP contribution is 2.06. The second-order valence-corrected chi connectivity index (χ2v) is 1.93. The van der Waals surface area contributed by atoms with E-state index >= 15 is 0 Å². The second kappa shape index (κ2) is 2.12. The molecule has 0 fully saturated rings. The number of nitrogens with zero attached hydrogens (tertiary/aromatic N) is 3. The van der Waals surface area contributed by atoms with Crippen LogP contribution < -0.4 is 5.63 Å². The molecule has 2 aliphatic heterocycles. The van der Waals surface area contributed by atoms with Crippen molar-refractivity contribution in [1.29, 1.82) is 0 Å². The van der Waals surface area contributed by atoms with Crippen molar-refractivity contribution in [3.63, 3.8) is 0 Å². The molecule has 5 nitrogen and oxygen atoms in total. The first-order chi connectivity index (χ1) is 5.38. The van der Waals surface area contributed by atoms with E-state index in [9.17, 15) is 4.79 Å². The monoisotopic (exact) mass is 149 g/mol. The van der Waals surface area contributed by atoms with Gasteiger partial charge in [0, 0.05) is 6.20 Å². The fourth-order valence-corrected chi connectivity index (χ4v) is 0.747. The lowest BCUT2D eigenvalue weighted by atomic mass is 10.3. The molecule has 0 N–H and O–H groups in total. The SMILES string of the molecule is O=c1onc2cccnnc1-2. The van der Waals surface area contributed by atoms with Crippen LogP contribution in [0.15, 0.2) is 27.6 Å². The summed E-state index contributed by atoms with van der Waals surface area (Å²) < 4.78 is 4.35. The van der Waals surface area contributed by atoms with Crippen LogP contribution in [0, 0.1) is 0 Å². The zero-order valence-electron chi connectivity index (χ0n) is 5.39. The molecule has 0 saturated heterocycles. The summed E-state index contributed by atoms with van der Waals surface area (Å²) >= 11 is 0. The maximum absolute atomic E-state index is 10.8. The number of fused-ring (bicyclic) bond motifs is 1. The number of rotatable bonds is 0. The Morgan fingerprint density at radius 1 is 1.45 bits per heavy atom. The Morgan fingerprint density at radius 3 is 3.27 bits per heavy atom. The average molecular weight is 149 g/mol. The van der Waals surface area contributed by atoms with Gasteiger partial charge >= 0.3 is 5.63 Å². The molecule has 2 heterocycles. The molecule has 2 aliphatic rings. The molecule has 0 saturated carbocycles. The molecule has 5 heteroatoms. The number of hydrogen-bond acceptors (Lipinski definition) is 5. The lowest BCUT2D eigenvalue weighted by Crippen LogP contribution is -1.96. The Kier molecular flexibility index (Phi) is 1.15. The van der Waals surface area contributed by atoms with Gasteiger partial charge in [-0.1, -0.05) is 5.16 Å². The Morgan fingerprint density at radius 2 is 2.36 bits per heavy atom. The van der Waals surface area contributed by atoms with E-state index in [2.05, 4.69) is 19.9 Å². The van der Waals surface area contributed by atoms with Gasteiger partial charge in [-0.15, -0.1) is 5.10 Å². The minimum atomic E-state index is -0.552. The quantitative estimate of drug-likeness (QED) is 0.524. The highest BCUT2D eigenvalue weighted by atomic mass is 16.5. The molecule has 0 amide bonds. The smallest absolute Gasteiger partial charge is 0.310 e. The van der Waals surface area contributed by atoms with Gasteiger partial charge in [-0.3, -0.25) is 0 Å². The Hall–Kier alpha value is -1.78. The summed E-state index contributed by atoms with van der Waals surface area (Å²) in [5.74, 6) is 0. The third-order valence-electron chi connectivity index (χ3n) is 1.23. The molecule has 0 aromatic carbocycles. The highest BCUT2D eigenvalue weighted by molar-refractivity contribution is 5.50. The predicted octanol–water partition coefficient (Wildman–Crippen LogP) is -0.0704. The molecule has 0 spiro atoms. The van der Waals surface area contributed by atoms with E-state index in [4.69, 9.17) is 0 Å². The number of aromatic nitrogens is 3. The van der Waals surface area contributed by atoms with Crippen LogP contribution in [0.1, 0.15) is 0 Å². The van der Waals surface area contributed by atoms with Crippen molar-refractivity contribution >= 4 is 0 Å². The summed E-state index contributed by atoms with van der Waals surface area (Å²) in [5.41, 5.74) is 0.0335. The normalized spacial score (nSPS) is 10.2. The Labute approximate surface area is 61.0 Å². The molecule has 0 radical (unpaired) electrons. The van der Waals surface area contributed by atoms with E-state index < -0.39 is 5.63 Å². The van der Waals surface area contributed by atoms with Crippen molar-refractivity contribution in [2.45, 2.75) is 0 Å². The summed E-state index contributed by atoms with van der Waals surface area (Å²) in [5, 5.41) is 10.6. The van der Waals surface area contributed by atoms with Crippen LogP contribution in [0.5, 0.6) is 0 Å². The molecule has 0 unspecified atom stereocenters. The first kappa shape index (κ1) is 5.96. The van der Waals surface area contributed by atoms with Crippen LogP contribution in [0.4, 0.5) is 0 Å². The lowest BCUT2D eigenvalue weighted by Gasteiger charge is -1.75. The molecule has 0 aromatic rings. The first-order valence-electron chi connectivity index (χ1n) is 2.95. The van der Waals surface area contributed by atoms with E-state index in [-0.39, 0.29) is 5.69 Å². The highest BCUT2D eigenvalue weighted by Gasteiger charge is 2.11. The van der Waals surface area contributed by atoms with Crippen molar-refractivity contribution in [2.75, 3.05) is 0 Å². The maximum Gasteiger partial charge on any atom is 0.388 e. The molecule has 54 valence electrons. The molecule has 0 atom stereocenters. The third-order valence-corrected chi connectivity index (χ3v) is 1.23. The van der Waals surface area contributed by atoms with Gasteiger partial charge in [0.2, 0.25) is 5.69 Å². The molecule has 2 rings (SSSR count). The van der Waals surface area contributed by atoms with E-state index in [0.717, 1.165) is 0 Å². The fourth-order valence-electron chi connectivity index (χ4n) is 0.747. The van der Waals surface area contributed by atoms with E-state index in [1.807, 2.05) is 0 Å². The van der Waals surface area contributed by atoms with Crippen LogP contribution in [-0.2, 0) is 0 Å².